The van der Waals surface area contributed by atoms with Gasteiger partial charge in [-0.25, -0.2) is 9.07 Å². The molecule has 6 rings (SSSR count). The number of ether oxygens (including phenoxy) is 1. The van der Waals surface area contributed by atoms with Crippen molar-refractivity contribution in [1.82, 2.24) is 30.1 Å². The highest BCUT2D eigenvalue weighted by molar-refractivity contribution is 5.80. The van der Waals surface area contributed by atoms with E-state index in [0.29, 0.717) is 43.3 Å². The van der Waals surface area contributed by atoms with Crippen molar-refractivity contribution >= 4 is 16.6 Å². The molecule has 3 heterocycles. The van der Waals surface area contributed by atoms with Crippen LogP contribution in [-0.4, -0.2) is 63.4 Å². The molecule has 0 radical (unpaired) electrons. The summed E-state index contributed by atoms with van der Waals surface area (Å²) in [6.07, 6.45) is 5.56. The minimum absolute atomic E-state index is 0.164. The van der Waals surface area contributed by atoms with E-state index in [4.69, 9.17) is 4.74 Å². The van der Waals surface area contributed by atoms with E-state index in [0.717, 1.165) is 42.3 Å². The number of benzene rings is 2. The number of aromatic nitrogens is 5. The number of aromatic amines is 1. The Morgan fingerprint density at radius 2 is 1.82 bits per heavy atom. The number of halogens is 1. The molecule has 1 aliphatic carbocycles. The van der Waals surface area contributed by atoms with Crippen LogP contribution in [0.4, 0.5) is 10.1 Å². The van der Waals surface area contributed by atoms with Crippen LogP contribution < -0.4 is 15.2 Å². The van der Waals surface area contributed by atoms with Crippen LogP contribution in [0.5, 0.6) is 5.75 Å². The van der Waals surface area contributed by atoms with Crippen molar-refractivity contribution in [3.05, 3.63) is 76.1 Å². The van der Waals surface area contributed by atoms with Gasteiger partial charge in [-0.2, -0.15) is 0 Å². The van der Waals surface area contributed by atoms with Gasteiger partial charge < -0.3 is 14.6 Å². The smallest absolute Gasteiger partial charge is 0.253 e. The largest absolute Gasteiger partial charge is 0.497 e. The van der Waals surface area contributed by atoms with Crippen LogP contribution in [-0.2, 0) is 0 Å². The molecule has 0 unspecified atom stereocenters. The van der Waals surface area contributed by atoms with Crippen LogP contribution in [0.15, 0.2) is 53.3 Å². The van der Waals surface area contributed by atoms with Crippen molar-refractivity contribution in [2.45, 2.75) is 44.2 Å². The Morgan fingerprint density at radius 1 is 1.03 bits per heavy atom. The van der Waals surface area contributed by atoms with Crippen LogP contribution in [0, 0.1) is 5.82 Å². The van der Waals surface area contributed by atoms with Crippen molar-refractivity contribution in [2.24, 2.45) is 0 Å². The molecule has 1 atom stereocenters. The number of nitrogens with one attached hydrogen (secondary N) is 1. The van der Waals surface area contributed by atoms with Gasteiger partial charge in [-0.1, -0.05) is 31.4 Å². The van der Waals surface area contributed by atoms with Crippen LogP contribution in [0.1, 0.15) is 55.6 Å². The molecular formula is C28H32FN7O2. The van der Waals surface area contributed by atoms with Gasteiger partial charge in [0.05, 0.1) is 18.8 Å². The Morgan fingerprint density at radius 3 is 2.58 bits per heavy atom. The Hall–Kier alpha value is -3.79. The zero-order valence-corrected chi connectivity index (χ0v) is 21.5. The molecule has 4 aromatic rings. The molecule has 38 heavy (non-hydrogen) atoms. The van der Waals surface area contributed by atoms with Crippen molar-refractivity contribution in [3.8, 4) is 5.75 Å². The number of tetrazole rings is 1. The summed E-state index contributed by atoms with van der Waals surface area (Å²) >= 11 is 0. The number of nitrogens with zero attached hydrogens (tertiary/aromatic N) is 6. The number of methoxy groups -OCH3 is 1. The van der Waals surface area contributed by atoms with E-state index in [-0.39, 0.29) is 17.4 Å². The van der Waals surface area contributed by atoms with Crippen molar-refractivity contribution in [3.63, 3.8) is 0 Å². The predicted molar refractivity (Wildman–Crippen MR) is 143 cm³/mol. The highest BCUT2D eigenvalue weighted by Gasteiger charge is 2.34. The fourth-order valence-electron chi connectivity index (χ4n) is 5.93. The molecule has 2 aromatic carbocycles. The summed E-state index contributed by atoms with van der Waals surface area (Å²) in [5.41, 5.74) is 1.78. The third kappa shape index (κ3) is 4.64. The second kappa shape index (κ2) is 10.5. The molecule has 0 amide bonds. The van der Waals surface area contributed by atoms with Gasteiger partial charge in [0, 0.05) is 42.6 Å². The van der Waals surface area contributed by atoms with Crippen LogP contribution in [0.2, 0.25) is 0 Å². The maximum Gasteiger partial charge on any atom is 0.253 e. The van der Waals surface area contributed by atoms with E-state index in [1.54, 1.807) is 13.2 Å². The number of piperazine rings is 1. The molecule has 1 saturated heterocycles. The SMILES string of the molecule is COc1ccc2[nH]c(=O)c([C@@H](c3nnnn3C3CCCCC3)N3CCN(c4ccccc4F)CC3)cc2c1. The van der Waals surface area contributed by atoms with E-state index in [1.165, 1.54) is 12.5 Å². The Kier molecular flexibility index (Phi) is 6.80. The van der Waals surface area contributed by atoms with Gasteiger partial charge >= 0.3 is 0 Å². The lowest BCUT2D eigenvalue weighted by molar-refractivity contribution is 0.192. The maximum absolute atomic E-state index is 14.5. The molecule has 1 N–H and O–H groups in total. The monoisotopic (exact) mass is 517 g/mol. The third-order valence-electron chi connectivity index (χ3n) is 7.93. The fourth-order valence-corrected chi connectivity index (χ4v) is 5.93. The third-order valence-corrected chi connectivity index (χ3v) is 7.93. The van der Waals surface area contributed by atoms with Crippen molar-refractivity contribution in [1.29, 1.82) is 0 Å². The van der Waals surface area contributed by atoms with Gasteiger partial charge in [0.1, 0.15) is 17.6 Å². The Bertz CT molecular complexity index is 1470. The highest BCUT2D eigenvalue weighted by atomic mass is 19.1. The highest BCUT2D eigenvalue weighted by Crippen LogP contribution is 2.34. The van der Waals surface area contributed by atoms with Crippen LogP contribution in [0.3, 0.4) is 0 Å². The molecule has 2 fully saturated rings. The molecule has 10 heteroatoms. The number of pyridine rings is 1. The molecule has 2 aromatic heterocycles. The molecule has 1 saturated carbocycles. The number of rotatable bonds is 6. The summed E-state index contributed by atoms with van der Waals surface area (Å²) in [6.45, 7) is 2.52. The molecule has 0 bridgehead atoms. The summed E-state index contributed by atoms with van der Waals surface area (Å²) < 4.78 is 21.9. The average Bonchev–Trinajstić information content (AvgIpc) is 3.44. The van der Waals surface area contributed by atoms with E-state index in [1.807, 2.05) is 41.1 Å². The molecule has 2 aliphatic rings. The zero-order valence-electron chi connectivity index (χ0n) is 21.5. The summed E-state index contributed by atoms with van der Waals surface area (Å²) in [7, 11) is 1.63. The summed E-state index contributed by atoms with van der Waals surface area (Å²) in [4.78, 5) is 20.9. The topological polar surface area (TPSA) is 92.2 Å². The normalized spacial score (nSPS) is 18.1. The van der Waals surface area contributed by atoms with E-state index in [2.05, 4.69) is 30.3 Å². The van der Waals surface area contributed by atoms with Crippen molar-refractivity contribution < 1.29 is 9.13 Å². The number of hydrogen-bond acceptors (Lipinski definition) is 7. The van der Waals surface area contributed by atoms with Crippen LogP contribution in [0.25, 0.3) is 10.9 Å². The van der Waals surface area contributed by atoms with E-state index >= 15 is 0 Å². The average molecular weight is 518 g/mol. The minimum Gasteiger partial charge on any atom is -0.497 e. The van der Waals surface area contributed by atoms with Gasteiger partial charge in [-0.15, -0.1) is 5.10 Å². The first-order valence-electron chi connectivity index (χ1n) is 13.3. The van der Waals surface area contributed by atoms with Gasteiger partial charge in [0.15, 0.2) is 5.82 Å². The van der Waals surface area contributed by atoms with Gasteiger partial charge in [0.2, 0.25) is 0 Å². The summed E-state index contributed by atoms with van der Waals surface area (Å²) in [6, 6.07) is 14.2. The lowest BCUT2D eigenvalue weighted by Gasteiger charge is -2.40. The van der Waals surface area contributed by atoms with E-state index in [9.17, 15) is 9.18 Å². The fraction of sp³-hybridized carbons (Fsp3) is 0.429. The molecular weight excluding hydrogens is 485 g/mol. The van der Waals surface area contributed by atoms with E-state index < -0.39 is 6.04 Å². The number of fused-ring (bicyclic) bond motifs is 1. The second-order valence-corrected chi connectivity index (χ2v) is 10.2. The quantitative estimate of drug-likeness (QED) is 0.412. The number of H-pyrrole nitrogens is 1. The first-order chi connectivity index (χ1) is 18.6. The molecule has 198 valence electrons. The van der Waals surface area contributed by atoms with Gasteiger partial charge in [-0.3, -0.25) is 9.69 Å². The summed E-state index contributed by atoms with van der Waals surface area (Å²) in [5.74, 6) is 1.18. The summed E-state index contributed by atoms with van der Waals surface area (Å²) in [5, 5.41) is 13.9. The standard InChI is InChI=1S/C28H32FN7O2/c1-38-21-11-12-24-19(17-21)18-22(28(37)30-24)26(27-31-32-33-36(27)20-7-3-2-4-8-20)35-15-13-34(14-16-35)25-10-6-5-9-23(25)29/h5-6,9-12,17-18,20,26H,2-4,7-8,13-16H2,1H3,(H,30,37)/t26-/m0/s1. The van der Waals surface area contributed by atoms with Gasteiger partial charge in [0.25, 0.3) is 5.56 Å². The molecule has 9 nitrogen and oxygen atoms in total. The van der Waals surface area contributed by atoms with Crippen LogP contribution >= 0.6 is 0 Å². The zero-order chi connectivity index (χ0) is 26.1. The molecule has 1 aliphatic heterocycles. The molecule has 0 spiro atoms. The predicted octanol–water partition coefficient (Wildman–Crippen LogP) is 4.08. The van der Waals surface area contributed by atoms with Gasteiger partial charge in [-0.05, 0) is 59.7 Å². The lowest BCUT2D eigenvalue weighted by atomic mass is 9.95. The number of para-hydroxylation sites is 1. The first kappa shape index (κ1) is 24.5. The maximum atomic E-state index is 14.5. The lowest BCUT2D eigenvalue weighted by Crippen LogP contribution is -2.49. The second-order valence-electron chi connectivity index (χ2n) is 10.2. The minimum atomic E-state index is -0.436. The first-order valence-corrected chi connectivity index (χ1v) is 13.3. The number of hydrogen-bond donors (Lipinski definition) is 1. The Balaban J connectivity index is 1.40. The number of anilines is 1. The Labute approximate surface area is 220 Å². The van der Waals surface area contributed by atoms with Crippen molar-refractivity contribution in [2.75, 3.05) is 38.2 Å².